The van der Waals surface area contributed by atoms with Crippen LogP contribution < -0.4 is 10.6 Å². The number of aryl methyl sites for hydroxylation is 1. The second-order valence-electron chi connectivity index (χ2n) is 7.79. The molecule has 0 aliphatic heterocycles. The van der Waals surface area contributed by atoms with Crippen molar-refractivity contribution in [2.45, 2.75) is 46.5 Å². The number of allylic oxidation sites excluding steroid dienone is 3. The molecule has 0 atom stereocenters. The van der Waals surface area contributed by atoms with Crippen molar-refractivity contribution in [3.63, 3.8) is 0 Å². The highest BCUT2D eigenvalue weighted by Crippen LogP contribution is 2.28. The molecule has 0 spiro atoms. The third kappa shape index (κ3) is 8.29. The molecule has 184 valence electrons. The standard InChI is InChI=1S/C23H37N5O4S/c1-7-9-16-27(17-10-8-2)33(31,32)20(4)14-12-11-13-15-24-25-22-19(3)18-21(29)28(23(22)30)26(5)6/h11-14,18,30H,4,7-10,15-17H2,1-3,5-6H3/b13-11-,14-12-,25-24+. The molecule has 0 saturated carbocycles. The third-order valence-corrected chi connectivity index (χ3v) is 6.66. The maximum atomic E-state index is 12.8. The topological polar surface area (TPSA) is 108 Å². The summed E-state index contributed by atoms with van der Waals surface area (Å²) in [5, 5.41) is 19.8. The van der Waals surface area contributed by atoms with Crippen molar-refractivity contribution >= 4 is 15.7 Å². The Labute approximate surface area is 197 Å². The molecule has 0 amide bonds. The maximum Gasteiger partial charge on any atom is 0.272 e. The van der Waals surface area contributed by atoms with Gasteiger partial charge < -0.3 is 10.1 Å². The molecule has 1 aromatic heterocycles. The van der Waals surface area contributed by atoms with Gasteiger partial charge >= 0.3 is 0 Å². The van der Waals surface area contributed by atoms with Gasteiger partial charge in [0.15, 0.2) is 5.69 Å². The number of aromatic nitrogens is 1. The molecule has 1 heterocycles. The van der Waals surface area contributed by atoms with Crippen LogP contribution in [-0.2, 0) is 10.0 Å². The number of nitrogens with zero attached hydrogens (tertiary/aromatic N) is 5. The van der Waals surface area contributed by atoms with Crippen LogP contribution in [0.4, 0.5) is 5.69 Å². The van der Waals surface area contributed by atoms with E-state index in [0.717, 1.165) is 30.4 Å². The lowest BCUT2D eigenvalue weighted by Crippen LogP contribution is -2.35. The summed E-state index contributed by atoms with van der Waals surface area (Å²) in [4.78, 5) is 12.0. The van der Waals surface area contributed by atoms with E-state index in [9.17, 15) is 18.3 Å². The molecule has 0 aliphatic rings. The minimum atomic E-state index is -3.59. The number of unbranched alkanes of at least 4 members (excludes halogenated alkanes) is 2. The molecule has 0 bridgehead atoms. The van der Waals surface area contributed by atoms with E-state index in [2.05, 4.69) is 16.8 Å². The largest absolute Gasteiger partial charge is 0.492 e. The monoisotopic (exact) mass is 479 g/mol. The summed E-state index contributed by atoms with van der Waals surface area (Å²) in [6, 6.07) is 1.38. The van der Waals surface area contributed by atoms with E-state index in [-0.39, 0.29) is 28.6 Å². The molecular weight excluding hydrogens is 442 g/mol. The quantitative estimate of drug-likeness (QED) is 0.320. The first-order valence-electron chi connectivity index (χ1n) is 11.1. The zero-order valence-electron chi connectivity index (χ0n) is 20.4. The first kappa shape index (κ1) is 28.3. The molecule has 0 unspecified atom stereocenters. The van der Waals surface area contributed by atoms with Gasteiger partial charge in [0, 0.05) is 33.3 Å². The normalized spacial score (nSPS) is 12.5. The van der Waals surface area contributed by atoms with Gasteiger partial charge in [-0.05, 0) is 31.4 Å². The summed E-state index contributed by atoms with van der Waals surface area (Å²) in [6.07, 6.45) is 9.89. The number of pyridine rings is 1. The van der Waals surface area contributed by atoms with Gasteiger partial charge in [0.2, 0.25) is 15.9 Å². The van der Waals surface area contributed by atoms with Crippen LogP contribution in [0.5, 0.6) is 5.88 Å². The van der Waals surface area contributed by atoms with Crippen molar-refractivity contribution < 1.29 is 13.5 Å². The molecule has 10 heteroatoms. The molecule has 1 aromatic rings. The smallest absolute Gasteiger partial charge is 0.272 e. The Hall–Kier alpha value is -2.72. The van der Waals surface area contributed by atoms with Crippen LogP contribution in [0.25, 0.3) is 0 Å². The van der Waals surface area contributed by atoms with Crippen LogP contribution in [0.15, 0.2) is 56.9 Å². The van der Waals surface area contributed by atoms with Crippen molar-refractivity contribution in [2.24, 2.45) is 10.2 Å². The number of hydrogen-bond donors (Lipinski definition) is 1. The molecule has 0 saturated heterocycles. The molecule has 0 aliphatic carbocycles. The van der Waals surface area contributed by atoms with Gasteiger partial charge in [0.1, 0.15) is 0 Å². The first-order valence-corrected chi connectivity index (χ1v) is 12.5. The van der Waals surface area contributed by atoms with E-state index in [4.69, 9.17) is 0 Å². The van der Waals surface area contributed by atoms with Crippen LogP contribution in [0.1, 0.15) is 45.1 Å². The van der Waals surface area contributed by atoms with Gasteiger partial charge in [0.25, 0.3) is 5.56 Å². The van der Waals surface area contributed by atoms with E-state index < -0.39 is 10.0 Å². The third-order valence-electron chi connectivity index (χ3n) is 4.82. The van der Waals surface area contributed by atoms with Crippen molar-refractivity contribution in [3.8, 4) is 5.88 Å². The number of sulfonamides is 1. The summed E-state index contributed by atoms with van der Waals surface area (Å²) in [5.74, 6) is -0.283. The Bertz CT molecular complexity index is 1030. The van der Waals surface area contributed by atoms with Crippen molar-refractivity contribution in [1.29, 1.82) is 0 Å². The molecule has 33 heavy (non-hydrogen) atoms. The Balaban J connectivity index is 2.79. The minimum Gasteiger partial charge on any atom is -0.492 e. The van der Waals surface area contributed by atoms with E-state index >= 15 is 0 Å². The number of rotatable bonds is 14. The SMILES string of the molecule is C=C(/C=C\C=C/C/N=N/c1c(C)cc(=O)n(N(C)C)c1O)S(=O)(=O)N(CCCC)CCCC. The molecule has 9 nitrogen and oxygen atoms in total. The van der Waals surface area contributed by atoms with Gasteiger partial charge in [0.05, 0.1) is 11.4 Å². The number of azo groups is 1. The van der Waals surface area contributed by atoms with E-state index in [1.54, 1.807) is 39.2 Å². The minimum absolute atomic E-state index is 0.0486. The van der Waals surface area contributed by atoms with E-state index in [1.165, 1.54) is 21.5 Å². The molecule has 1 rings (SSSR count). The highest BCUT2D eigenvalue weighted by molar-refractivity contribution is 7.93. The van der Waals surface area contributed by atoms with Crippen molar-refractivity contribution in [1.82, 2.24) is 8.98 Å². The second kappa shape index (κ2) is 13.7. The molecule has 0 fully saturated rings. The highest BCUT2D eigenvalue weighted by atomic mass is 32.2. The van der Waals surface area contributed by atoms with E-state index in [1.807, 2.05) is 13.8 Å². The second-order valence-corrected chi connectivity index (χ2v) is 9.78. The summed E-state index contributed by atoms with van der Waals surface area (Å²) < 4.78 is 28.2. The first-order chi connectivity index (χ1) is 15.6. The molecule has 1 N–H and O–H groups in total. The van der Waals surface area contributed by atoms with Crippen molar-refractivity contribution in [2.75, 3.05) is 38.7 Å². The predicted octanol–water partition coefficient (Wildman–Crippen LogP) is 4.00. The Morgan fingerprint density at radius 1 is 1.18 bits per heavy atom. The van der Waals surface area contributed by atoms with Gasteiger partial charge in [-0.25, -0.2) is 8.42 Å². The Morgan fingerprint density at radius 3 is 2.33 bits per heavy atom. The zero-order valence-corrected chi connectivity index (χ0v) is 21.2. The van der Waals surface area contributed by atoms with Crippen LogP contribution >= 0.6 is 0 Å². The maximum absolute atomic E-state index is 12.8. The lowest BCUT2D eigenvalue weighted by molar-refractivity contribution is 0.399. The fourth-order valence-electron chi connectivity index (χ4n) is 2.94. The molecule has 0 radical (unpaired) electrons. The summed E-state index contributed by atoms with van der Waals surface area (Å²) in [5.41, 5.74) is 0.364. The fraction of sp³-hybridized carbons (Fsp3) is 0.522. The summed E-state index contributed by atoms with van der Waals surface area (Å²) in [6.45, 7) is 10.7. The Kier molecular flexibility index (Phi) is 11.8. The van der Waals surface area contributed by atoms with Crippen LogP contribution in [0.2, 0.25) is 0 Å². The fourth-order valence-corrected chi connectivity index (χ4v) is 4.26. The van der Waals surface area contributed by atoms with E-state index in [0.29, 0.717) is 18.7 Å². The molecule has 0 aromatic carbocycles. The van der Waals surface area contributed by atoms with Crippen LogP contribution in [-0.4, -0.2) is 56.2 Å². The summed E-state index contributed by atoms with van der Waals surface area (Å²) in [7, 11) is -0.322. The van der Waals surface area contributed by atoms with Crippen LogP contribution in [0, 0.1) is 6.92 Å². The predicted molar refractivity (Wildman–Crippen MR) is 134 cm³/mol. The zero-order chi connectivity index (χ0) is 25.0. The Morgan fingerprint density at radius 2 is 1.79 bits per heavy atom. The van der Waals surface area contributed by atoms with Gasteiger partial charge in [-0.3, -0.25) is 4.79 Å². The van der Waals surface area contributed by atoms with Gasteiger partial charge in [-0.15, -0.1) is 5.11 Å². The van der Waals surface area contributed by atoms with Crippen LogP contribution in [0.3, 0.4) is 0 Å². The average molecular weight is 480 g/mol. The number of hydrogen-bond acceptors (Lipinski definition) is 7. The highest BCUT2D eigenvalue weighted by Gasteiger charge is 2.22. The summed E-state index contributed by atoms with van der Waals surface area (Å²) >= 11 is 0. The van der Waals surface area contributed by atoms with Gasteiger partial charge in [-0.2, -0.15) is 14.1 Å². The number of aromatic hydroxyl groups is 1. The lowest BCUT2D eigenvalue weighted by atomic mass is 10.2. The lowest BCUT2D eigenvalue weighted by Gasteiger charge is -2.21. The molecular formula is C23H37N5O4S. The van der Waals surface area contributed by atoms with Gasteiger partial charge in [-0.1, -0.05) is 51.5 Å². The average Bonchev–Trinajstić information content (AvgIpc) is 2.74. The van der Waals surface area contributed by atoms with Crippen molar-refractivity contribution in [3.05, 3.63) is 57.8 Å².